The topological polar surface area (TPSA) is 51.4 Å². The monoisotopic (exact) mass is 395 g/mol. The Kier molecular flexibility index (Phi) is 5.24. The Morgan fingerprint density at radius 1 is 1.50 bits per heavy atom. The number of anilines is 2. The highest BCUT2D eigenvalue weighted by molar-refractivity contribution is 14.2. The molecule has 0 atom stereocenters. The molecular weight excluding hydrogens is 385 g/mol. The summed E-state index contributed by atoms with van der Waals surface area (Å²) in [6.07, 6.45) is 0. The molecular formula is C11H11ClIN3OS. The lowest BCUT2D eigenvalue weighted by Gasteiger charge is -2.30. The molecule has 0 saturated carbocycles. The summed E-state index contributed by atoms with van der Waals surface area (Å²) in [7, 11) is 1.39. The summed E-state index contributed by atoms with van der Waals surface area (Å²) in [6.45, 7) is 3.00. The zero-order chi connectivity index (χ0) is 13.0. The summed E-state index contributed by atoms with van der Waals surface area (Å²) < 4.78 is 5.32. The minimum Gasteiger partial charge on any atom is -0.395 e. The third-order valence-electron chi connectivity index (χ3n) is 2.57. The van der Waals surface area contributed by atoms with Crippen LogP contribution in [0.15, 0.2) is 6.07 Å². The van der Waals surface area contributed by atoms with Crippen molar-refractivity contribution in [3.63, 3.8) is 0 Å². The van der Waals surface area contributed by atoms with E-state index in [0.29, 0.717) is 29.7 Å². The highest BCUT2D eigenvalue weighted by atomic mass is 127. The van der Waals surface area contributed by atoms with Gasteiger partial charge in [0.25, 0.3) is 0 Å². The van der Waals surface area contributed by atoms with Crippen molar-refractivity contribution in [2.45, 2.75) is 0 Å². The van der Waals surface area contributed by atoms with Gasteiger partial charge < -0.3 is 15.4 Å². The van der Waals surface area contributed by atoms with Gasteiger partial charge in [0.05, 0.1) is 24.6 Å². The Hall–Kier alpha value is -0.360. The van der Waals surface area contributed by atoms with Gasteiger partial charge in [-0.15, -0.1) is 0 Å². The molecule has 0 unspecified atom stereocenters. The summed E-state index contributed by atoms with van der Waals surface area (Å²) in [5.74, 6) is 2.91. The third kappa shape index (κ3) is 3.35. The van der Waals surface area contributed by atoms with E-state index >= 15 is 0 Å². The van der Waals surface area contributed by atoms with E-state index in [0.717, 1.165) is 18.8 Å². The van der Waals surface area contributed by atoms with E-state index in [-0.39, 0.29) is 0 Å². The number of morpholine rings is 1. The van der Waals surface area contributed by atoms with E-state index < -0.39 is 0 Å². The van der Waals surface area contributed by atoms with E-state index in [1.807, 2.05) is 0 Å². The average Bonchev–Trinajstić information content (AvgIpc) is 2.40. The highest BCUT2D eigenvalue weighted by Crippen LogP contribution is 2.29. The predicted octanol–water partition coefficient (Wildman–Crippen LogP) is 2.55. The van der Waals surface area contributed by atoms with Crippen LogP contribution >= 0.6 is 41.7 Å². The van der Waals surface area contributed by atoms with Gasteiger partial charge in [0.15, 0.2) is 0 Å². The molecule has 7 heteroatoms. The fourth-order valence-electron chi connectivity index (χ4n) is 1.74. The minimum atomic E-state index is 0.411. The van der Waals surface area contributed by atoms with Crippen LogP contribution in [0.2, 0.25) is 5.15 Å². The number of aromatic nitrogens is 1. The maximum Gasteiger partial charge on any atom is 0.140 e. The fourth-order valence-corrected chi connectivity index (χ4v) is 2.39. The highest BCUT2D eigenvalue weighted by Gasteiger charge is 2.17. The molecule has 1 aromatic rings. The van der Waals surface area contributed by atoms with Gasteiger partial charge >= 0.3 is 0 Å². The first-order valence-corrected chi connectivity index (χ1v) is 9.03. The van der Waals surface area contributed by atoms with Crippen molar-refractivity contribution in [2.24, 2.45) is 0 Å². The van der Waals surface area contributed by atoms with Crippen molar-refractivity contribution in [1.82, 2.24) is 4.98 Å². The van der Waals surface area contributed by atoms with Crippen LogP contribution in [0.25, 0.3) is 0 Å². The largest absolute Gasteiger partial charge is 0.395 e. The van der Waals surface area contributed by atoms with Gasteiger partial charge in [-0.25, -0.2) is 4.98 Å². The molecule has 0 aromatic carbocycles. The number of nitrogen functional groups attached to an aromatic ring is 1. The summed E-state index contributed by atoms with van der Waals surface area (Å²) in [5.41, 5.74) is 8.11. The maximum absolute atomic E-state index is 6.11. The van der Waals surface area contributed by atoms with E-state index in [4.69, 9.17) is 22.1 Å². The Morgan fingerprint density at radius 2 is 2.22 bits per heavy atom. The second kappa shape index (κ2) is 6.70. The number of hydrogen-bond acceptors (Lipinski definition) is 5. The molecule has 18 heavy (non-hydrogen) atoms. The molecule has 1 saturated heterocycles. The summed E-state index contributed by atoms with van der Waals surface area (Å²) in [4.78, 5) is 6.31. The molecule has 1 aromatic heterocycles. The van der Waals surface area contributed by atoms with Crippen molar-refractivity contribution in [1.29, 1.82) is 0 Å². The third-order valence-corrected chi connectivity index (χ3v) is 3.60. The fraction of sp³-hybridized carbons (Fsp3) is 0.364. The summed E-state index contributed by atoms with van der Waals surface area (Å²) in [6, 6.07) is 1.78. The Bertz CT molecular complexity index is 497. The number of halogens is 2. The molecule has 1 aliphatic heterocycles. The van der Waals surface area contributed by atoms with Gasteiger partial charge in [-0.1, -0.05) is 11.6 Å². The lowest BCUT2D eigenvalue weighted by Crippen LogP contribution is -2.36. The van der Waals surface area contributed by atoms with Gasteiger partial charge in [-0.2, -0.15) is 0 Å². The van der Waals surface area contributed by atoms with Crippen LogP contribution in [0.4, 0.5) is 11.4 Å². The SMILES string of the molecule is Nc1c(N2CCOCC2)cc(Cl)nc1C#CSI. The average molecular weight is 396 g/mol. The molecule has 1 fully saturated rings. The smallest absolute Gasteiger partial charge is 0.140 e. The number of pyridine rings is 1. The normalized spacial score (nSPS) is 15.1. The molecule has 4 nitrogen and oxygen atoms in total. The standard InChI is InChI=1S/C11H11ClIN3OS/c12-10-7-9(16-2-4-17-5-3-16)11(14)8(15-10)1-6-18-13/h7H,2-5,14H2. The molecule has 0 bridgehead atoms. The van der Waals surface area contributed by atoms with E-state index in [1.54, 1.807) is 6.07 Å². The number of hydrogen-bond donors (Lipinski definition) is 1. The van der Waals surface area contributed by atoms with Gasteiger partial charge in [0.1, 0.15) is 10.8 Å². The van der Waals surface area contributed by atoms with E-state index in [2.05, 4.69) is 42.3 Å². The first-order valence-electron chi connectivity index (χ1n) is 5.29. The van der Waals surface area contributed by atoms with Crippen molar-refractivity contribution in [3.05, 3.63) is 16.9 Å². The number of ether oxygens (including phenoxy) is 1. The van der Waals surface area contributed by atoms with Crippen molar-refractivity contribution in [2.75, 3.05) is 36.9 Å². The summed E-state index contributed by atoms with van der Waals surface area (Å²) >= 11 is 8.12. The molecule has 2 N–H and O–H groups in total. The van der Waals surface area contributed by atoms with Crippen LogP contribution in [0.5, 0.6) is 0 Å². The molecule has 0 spiro atoms. The van der Waals surface area contributed by atoms with E-state index in [9.17, 15) is 0 Å². The second-order valence-corrected chi connectivity index (χ2v) is 5.70. The molecule has 2 heterocycles. The number of nitrogens with two attached hydrogens (primary N) is 1. The zero-order valence-electron chi connectivity index (χ0n) is 9.45. The van der Waals surface area contributed by atoms with Crippen LogP contribution in [-0.4, -0.2) is 31.3 Å². The van der Waals surface area contributed by atoms with E-state index in [1.165, 1.54) is 8.93 Å². The quantitative estimate of drug-likeness (QED) is 0.450. The second-order valence-electron chi connectivity index (χ2n) is 3.63. The van der Waals surface area contributed by atoms with Gasteiger partial charge in [-0.05, 0) is 20.1 Å². The first kappa shape index (κ1) is 14.1. The van der Waals surface area contributed by atoms with Crippen molar-refractivity contribution >= 4 is 53.1 Å². The van der Waals surface area contributed by atoms with Crippen LogP contribution < -0.4 is 10.6 Å². The Balaban J connectivity index is 2.37. The lowest BCUT2D eigenvalue weighted by atomic mass is 10.2. The van der Waals surface area contributed by atoms with Crippen molar-refractivity contribution < 1.29 is 4.74 Å². The molecule has 2 rings (SSSR count). The molecule has 0 amide bonds. The Morgan fingerprint density at radius 3 is 2.89 bits per heavy atom. The molecule has 0 aliphatic carbocycles. The van der Waals surface area contributed by atoms with Crippen molar-refractivity contribution in [3.8, 4) is 11.2 Å². The molecule has 1 aliphatic rings. The van der Waals surface area contributed by atoms with Gasteiger partial charge in [0.2, 0.25) is 0 Å². The predicted molar refractivity (Wildman–Crippen MR) is 85.2 cm³/mol. The molecule has 96 valence electrons. The van der Waals surface area contributed by atoms with Crippen LogP contribution in [-0.2, 0) is 4.74 Å². The molecule has 0 radical (unpaired) electrons. The maximum atomic E-state index is 6.11. The van der Waals surface area contributed by atoms with Gasteiger partial charge in [-0.3, -0.25) is 0 Å². The summed E-state index contributed by atoms with van der Waals surface area (Å²) in [5, 5.41) is 3.28. The lowest BCUT2D eigenvalue weighted by molar-refractivity contribution is 0.123. The number of rotatable bonds is 1. The number of nitrogens with zero attached hydrogens (tertiary/aromatic N) is 2. The minimum absolute atomic E-state index is 0.411. The Labute approximate surface area is 127 Å². The van der Waals surface area contributed by atoms with Crippen LogP contribution in [0.1, 0.15) is 5.69 Å². The van der Waals surface area contributed by atoms with Crippen LogP contribution in [0.3, 0.4) is 0 Å². The van der Waals surface area contributed by atoms with Crippen LogP contribution in [0, 0.1) is 11.2 Å². The first-order chi connectivity index (χ1) is 8.72. The van der Waals surface area contributed by atoms with Gasteiger partial charge in [0, 0.05) is 40.4 Å². The zero-order valence-corrected chi connectivity index (χ0v) is 13.2.